The lowest BCUT2D eigenvalue weighted by Gasteiger charge is -2.10. The van der Waals surface area contributed by atoms with Gasteiger partial charge in [-0.05, 0) is 24.1 Å². The van der Waals surface area contributed by atoms with Crippen LogP contribution in [-0.2, 0) is 11.2 Å². The maximum Gasteiger partial charge on any atom is 0.142 e. The summed E-state index contributed by atoms with van der Waals surface area (Å²) in [6.07, 6.45) is 1.42. The lowest BCUT2D eigenvalue weighted by molar-refractivity contribution is -0.121. The fourth-order valence-electron chi connectivity index (χ4n) is 1.92. The molecule has 15 heavy (non-hydrogen) atoms. The number of Topliss-reactive ketones (excluding diaryl/α,β-unsaturated/α-hetero) is 1. The molecule has 1 N–H and O–H groups in total. The van der Waals surface area contributed by atoms with Gasteiger partial charge in [0.25, 0.3) is 0 Å². The predicted molar refractivity (Wildman–Crippen MR) is 62.4 cm³/mol. The van der Waals surface area contributed by atoms with Gasteiger partial charge in [0.1, 0.15) is 5.78 Å². The molecule has 3 heteroatoms. The quantitative estimate of drug-likeness (QED) is 0.793. The van der Waals surface area contributed by atoms with Gasteiger partial charge in [0, 0.05) is 29.6 Å². The Hall–Kier alpha value is -1.02. The summed E-state index contributed by atoms with van der Waals surface area (Å²) in [4.78, 5) is 11.8. The van der Waals surface area contributed by atoms with Crippen molar-refractivity contribution in [3.05, 3.63) is 28.8 Å². The second-order valence-electron chi connectivity index (χ2n) is 3.93. The monoisotopic (exact) mass is 223 g/mol. The fraction of sp³-hybridized carbons (Fsp3) is 0.417. The molecule has 1 aliphatic rings. The normalized spacial score (nSPS) is 20.4. The van der Waals surface area contributed by atoms with Crippen LogP contribution in [0.2, 0.25) is 5.02 Å². The van der Waals surface area contributed by atoms with Crippen LogP contribution < -0.4 is 5.32 Å². The lowest BCUT2D eigenvalue weighted by atomic mass is 9.97. The third-order valence-electron chi connectivity index (χ3n) is 2.92. The van der Waals surface area contributed by atoms with Gasteiger partial charge in [0.15, 0.2) is 0 Å². The maximum atomic E-state index is 11.8. The molecule has 0 aromatic heterocycles. The molecule has 0 fully saturated rings. The zero-order valence-corrected chi connectivity index (χ0v) is 9.47. The zero-order chi connectivity index (χ0) is 10.8. The van der Waals surface area contributed by atoms with Gasteiger partial charge in [-0.1, -0.05) is 24.6 Å². The molecule has 0 saturated carbocycles. The van der Waals surface area contributed by atoms with E-state index in [9.17, 15) is 4.79 Å². The first-order valence-corrected chi connectivity index (χ1v) is 5.63. The molecule has 1 aromatic carbocycles. The number of hydrogen-bond acceptors (Lipinski definition) is 2. The number of anilines is 1. The Labute approximate surface area is 94.6 Å². The van der Waals surface area contributed by atoms with Crippen molar-refractivity contribution in [1.29, 1.82) is 0 Å². The predicted octanol–water partition coefficient (Wildman–Crippen LogP) is 2.90. The Kier molecular flexibility index (Phi) is 2.96. The maximum absolute atomic E-state index is 11.8. The highest BCUT2D eigenvalue weighted by Gasteiger charge is 2.21. The van der Waals surface area contributed by atoms with Gasteiger partial charge in [-0.2, -0.15) is 0 Å². The van der Waals surface area contributed by atoms with Crippen LogP contribution in [0.5, 0.6) is 0 Å². The Morgan fingerprint density at radius 3 is 3.07 bits per heavy atom. The summed E-state index contributed by atoms with van der Waals surface area (Å²) in [6.45, 7) is 2.77. The summed E-state index contributed by atoms with van der Waals surface area (Å²) in [7, 11) is 0. The van der Waals surface area contributed by atoms with Gasteiger partial charge < -0.3 is 5.32 Å². The second-order valence-corrected chi connectivity index (χ2v) is 4.37. The molecule has 80 valence electrons. The number of ketones is 1. The summed E-state index contributed by atoms with van der Waals surface area (Å²) in [6, 6.07) is 5.66. The molecule has 0 spiro atoms. The number of carbonyl (C=O) groups excluding carboxylic acids is 1. The topological polar surface area (TPSA) is 29.1 Å². The van der Waals surface area contributed by atoms with E-state index in [1.54, 1.807) is 0 Å². The average molecular weight is 224 g/mol. The number of benzene rings is 1. The summed E-state index contributed by atoms with van der Waals surface area (Å²) >= 11 is 5.91. The van der Waals surface area contributed by atoms with Gasteiger partial charge in [-0.15, -0.1) is 0 Å². The van der Waals surface area contributed by atoms with Gasteiger partial charge in [-0.25, -0.2) is 0 Å². The van der Waals surface area contributed by atoms with E-state index < -0.39 is 0 Å². The van der Waals surface area contributed by atoms with E-state index in [-0.39, 0.29) is 5.92 Å². The van der Waals surface area contributed by atoms with E-state index in [2.05, 4.69) is 5.32 Å². The molecule has 2 rings (SSSR count). The minimum Gasteiger partial charge on any atom is -0.384 e. The highest BCUT2D eigenvalue weighted by Crippen LogP contribution is 2.26. The van der Waals surface area contributed by atoms with E-state index in [1.807, 2.05) is 25.1 Å². The van der Waals surface area contributed by atoms with Gasteiger partial charge in [0.2, 0.25) is 0 Å². The van der Waals surface area contributed by atoms with E-state index in [0.29, 0.717) is 17.2 Å². The molecule has 0 aliphatic carbocycles. The summed E-state index contributed by atoms with van der Waals surface area (Å²) in [5.41, 5.74) is 2.06. The highest BCUT2D eigenvalue weighted by atomic mass is 35.5. The largest absolute Gasteiger partial charge is 0.384 e. The van der Waals surface area contributed by atoms with Gasteiger partial charge in [-0.3, -0.25) is 4.79 Å². The molecule has 1 aliphatic heterocycles. The van der Waals surface area contributed by atoms with Crippen LogP contribution in [0.15, 0.2) is 18.2 Å². The Morgan fingerprint density at radius 2 is 2.33 bits per heavy atom. The van der Waals surface area contributed by atoms with Crippen molar-refractivity contribution in [2.75, 3.05) is 11.9 Å². The van der Waals surface area contributed by atoms with Crippen molar-refractivity contribution >= 4 is 23.1 Å². The standard InChI is InChI=1S/C12H14ClNO/c1-2-8-7-14-11-6-10(13)4-3-9(11)5-12(8)15/h3-4,6,8,14H,2,5,7H2,1H3. The average Bonchev–Trinajstić information content (AvgIpc) is 2.36. The van der Waals surface area contributed by atoms with Crippen molar-refractivity contribution in [1.82, 2.24) is 0 Å². The Balaban J connectivity index is 2.31. The molecule has 1 atom stereocenters. The smallest absolute Gasteiger partial charge is 0.142 e. The minimum absolute atomic E-state index is 0.135. The number of nitrogens with one attached hydrogen (secondary N) is 1. The molecule has 1 heterocycles. The number of hydrogen-bond donors (Lipinski definition) is 1. The number of rotatable bonds is 1. The van der Waals surface area contributed by atoms with Crippen molar-refractivity contribution < 1.29 is 4.79 Å². The van der Waals surface area contributed by atoms with Crippen LogP contribution in [0.1, 0.15) is 18.9 Å². The molecule has 0 saturated heterocycles. The molecular formula is C12H14ClNO. The molecule has 0 amide bonds. The summed E-state index contributed by atoms with van der Waals surface area (Å²) in [5, 5.41) is 4.00. The molecule has 1 aromatic rings. The molecule has 2 nitrogen and oxygen atoms in total. The van der Waals surface area contributed by atoms with Crippen LogP contribution in [0.3, 0.4) is 0 Å². The first kappa shape index (κ1) is 10.5. The SMILES string of the molecule is CCC1CNc2cc(Cl)ccc2CC1=O. The van der Waals surface area contributed by atoms with Crippen LogP contribution >= 0.6 is 11.6 Å². The lowest BCUT2D eigenvalue weighted by Crippen LogP contribution is -2.20. The van der Waals surface area contributed by atoms with E-state index >= 15 is 0 Å². The Bertz CT molecular complexity index is 389. The molecule has 0 radical (unpaired) electrons. The molecular weight excluding hydrogens is 210 g/mol. The van der Waals surface area contributed by atoms with Gasteiger partial charge >= 0.3 is 0 Å². The van der Waals surface area contributed by atoms with E-state index in [4.69, 9.17) is 11.6 Å². The van der Waals surface area contributed by atoms with E-state index in [0.717, 1.165) is 24.2 Å². The summed E-state index contributed by atoms with van der Waals surface area (Å²) < 4.78 is 0. The fourth-order valence-corrected chi connectivity index (χ4v) is 2.09. The van der Waals surface area contributed by atoms with Crippen LogP contribution in [0.25, 0.3) is 0 Å². The number of halogens is 1. The van der Waals surface area contributed by atoms with Crippen molar-refractivity contribution in [3.8, 4) is 0 Å². The molecule has 0 bridgehead atoms. The number of carbonyl (C=O) groups is 1. The third kappa shape index (κ3) is 2.15. The first-order chi connectivity index (χ1) is 7.20. The second kappa shape index (κ2) is 4.23. The van der Waals surface area contributed by atoms with Gasteiger partial charge in [0.05, 0.1) is 0 Å². The third-order valence-corrected chi connectivity index (χ3v) is 3.16. The minimum atomic E-state index is 0.135. The van der Waals surface area contributed by atoms with E-state index in [1.165, 1.54) is 0 Å². The number of fused-ring (bicyclic) bond motifs is 1. The van der Waals surface area contributed by atoms with Crippen molar-refractivity contribution in [2.45, 2.75) is 19.8 Å². The highest BCUT2D eigenvalue weighted by molar-refractivity contribution is 6.30. The Morgan fingerprint density at radius 1 is 1.53 bits per heavy atom. The van der Waals surface area contributed by atoms with Crippen LogP contribution in [-0.4, -0.2) is 12.3 Å². The van der Waals surface area contributed by atoms with Crippen molar-refractivity contribution in [2.24, 2.45) is 5.92 Å². The van der Waals surface area contributed by atoms with Crippen molar-refractivity contribution in [3.63, 3.8) is 0 Å². The first-order valence-electron chi connectivity index (χ1n) is 5.25. The van der Waals surface area contributed by atoms with Crippen LogP contribution in [0.4, 0.5) is 5.69 Å². The summed E-state index contributed by atoms with van der Waals surface area (Å²) in [5.74, 6) is 0.460. The zero-order valence-electron chi connectivity index (χ0n) is 8.72. The molecule has 1 unspecified atom stereocenters. The van der Waals surface area contributed by atoms with Crippen LogP contribution in [0, 0.1) is 5.92 Å².